The molecule has 0 radical (unpaired) electrons. The van der Waals surface area contributed by atoms with Gasteiger partial charge < -0.3 is 10.6 Å². The molecular weight excluding hydrogens is 345 g/mol. The molecule has 1 amide bonds. The fraction of sp³-hybridized carbons (Fsp3) is 0.111. The van der Waals surface area contributed by atoms with Crippen LogP contribution in [0.25, 0.3) is 0 Å². The summed E-state index contributed by atoms with van der Waals surface area (Å²) in [5, 5.41) is 15.3. The highest BCUT2D eigenvalue weighted by Gasteiger charge is 2.12. The van der Waals surface area contributed by atoms with Crippen LogP contribution in [0.5, 0.6) is 0 Å². The maximum atomic E-state index is 12.2. The topological polar surface area (TPSA) is 64.9 Å². The number of carbonyl (C=O) groups excluding carboxylic acids is 1. The number of nitrogens with one attached hydrogen (secondary N) is 2. The van der Waals surface area contributed by atoms with Gasteiger partial charge in [0.1, 0.15) is 11.6 Å². The Labute approximate surface area is 150 Å². The first-order valence-corrected chi connectivity index (χ1v) is 7.92. The van der Waals surface area contributed by atoms with Crippen molar-refractivity contribution < 1.29 is 4.79 Å². The second-order valence-electron chi connectivity index (χ2n) is 5.03. The molecule has 0 bridgehead atoms. The molecule has 0 aromatic heterocycles. The van der Waals surface area contributed by atoms with E-state index in [9.17, 15) is 10.1 Å². The van der Waals surface area contributed by atoms with E-state index in [0.717, 1.165) is 11.1 Å². The number of rotatable bonds is 5. The van der Waals surface area contributed by atoms with Crippen LogP contribution in [0.1, 0.15) is 11.1 Å². The molecule has 0 aliphatic rings. The minimum absolute atomic E-state index is 0.0559. The molecule has 2 N–H and O–H groups in total. The van der Waals surface area contributed by atoms with Crippen LogP contribution in [0, 0.1) is 18.3 Å². The summed E-state index contributed by atoms with van der Waals surface area (Å²) in [5.74, 6) is -0.557. The fourth-order valence-electron chi connectivity index (χ4n) is 2.01. The molecule has 2 aromatic rings. The van der Waals surface area contributed by atoms with Gasteiger partial charge in [0.25, 0.3) is 5.91 Å². The largest absolute Gasteiger partial charge is 0.386 e. The Morgan fingerprint density at radius 2 is 1.96 bits per heavy atom. The lowest BCUT2D eigenvalue weighted by molar-refractivity contribution is -0.112. The first-order valence-electron chi connectivity index (χ1n) is 7.16. The molecule has 2 rings (SSSR count). The Hall–Kier alpha value is -2.48. The van der Waals surface area contributed by atoms with Crippen molar-refractivity contribution in [3.63, 3.8) is 0 Å². The number of benzene rings is 2. The summed E-state index contributed by atoms with van der Waals surface area (Å²) in [6.45, 7) is 2.52. The molecule has 6 heteroatoms. The minimum atomic E-state index is -0.557. The number of hydrogen-bond acceptors (Lipinski definition) is 3. The predicted octanol–water partition coefficient (Wildman–Crippen LogP) is 4.44. The van der Waals surface area contributed by atoms with Gasteiger partial charge in [-0.1, -0.05) is 53.5 Å². The van der Waals surface area contributed by atoms with E-state index in [0.29, 0.717) is 17.3 Å². The monoisotopic (exact) mass is 359 g/mol. The van der Waals surface area contributed by atoms with Crippen LogP contribution in [-0.2, 0) is 11.3 Å². The lowest BCUT2D eigenvalue weighted by Crippen LogP contribution is -2.17. The molecule has 24 heavy (non-hydrogen) atoms. The van der Waals surface area contributed by atoms with Crippen molar-refractivity contribution in [1.29, 1.82) is 5.26 Å². The van der Waals surface area contributed by atoms with Gasteiger partial charge in [-0.2, -0.15) is 5.26 Å². The van der Waals surface area contributed by atoms with Crippen molar-refractivity contribution in [2.24, 2.45) is 0 Å². The van der Waals surface area contributed by atoms with Gasteiger partial charge in [0.15, 0.2) is 0 Å². The third-order valence-corrected chi connectivity index (χ3v) is 4.18. The second-order valence-corrected chi connectivity index (χ2v) is 5.82. The van der Waals surface area contributed by atoms with E-state index in [1.807, 2.05) is 37.3 Å². The molecule has 0 aliphatic heterocycles. The Bertz CT molecular complexity index is 825. The highest BCUT2D eigenvalue weighted by atomic mass is 35.5. The third kappa shape index (κ3) is 4.51. The molecule has 0 saturated heterocycles. The zero-order valence-corrected chi connectivity index (χ0v) is 14.4. The van der Waals surface area contributed by atoms with Crippen molar-refractivity contribution in [3.05, 3.63) is 75.4 Å². The van der Waals surface area contributed by atoms with Crippen molar-refractivity contribution in [1.82, 2.24) is 5.32 Å². The highest BCUT2D eigenvalue weighted by Crippen LogP contribution is 2.29. The van der Waals surface area contributed by atoms with Crippen LogP contribution in [0.3, 0.4) is 0 Å². The van der Waals surface area contributed by atoms with Gasteiger partial charge in [0, 0.05) is 12.7 Å². The highest BCUT2D eigenvalue weighted by molar-refractivity contribution is 6.44. The number of carbonyl (C=O) groups is 1. The van der Waals surface area contributed by atoms with Gasteiger partial charge in [0.05, 0.1) is 15.7 Å². The van der Waals surface area contributed by atoms with Crippen LogP contribution in [0.2, 0.25) is 10.0 Å². The Morgan fingerprint density at radius 3 is 2.67 bits per heavy atom. The van der Waals surface area contributed by atoms with Gasteiger partial charge in [-0.05, 0) is 30.2 Å². The molecule has 0 fully saturated rings. The molecule has 0 saturated carbocycles. The van der Waals surface area contributed by atoms with Crippen molar-refractivity contribution in [3.8, 4) is 6.07 Å². The maximum absolute atomic E-state index is 12.2. The van der Waals surface area contributed by atoms with Crippen molar-refractivity contribution in [2.75, 3.05) is 5.32 Å². The fourth-order valence-corrected chi connectivity index (χ4v) is 2.36. The third-order valence-electron chi connectivity index (χ3n) is 3.37. The summed E-state index contributed by atoms with van der Waals surface area (Å²) < 4.78 is 0. The van der Waals surface area contributed by atoms with E-state index in [1.54, 1.807) is 18.2 Å². The lowest BCUT2D eigenvalue weighted by Gasteiger charge is -2.08. The van der Waals surface area contributed by atoms with E-state index in [1.165, 1.54) is 6.20 Å². The number of hydrogen-bond donors (Lipinski definition) is 2. The molecule has 0 atom stereocenters. The quantitative estimate of drug-likeness (QED) is 0.612. The molecular formula is C18H15Cl2N3O. The van der Waals surface area contributed by atoms with Gasteiger partial charge in [0.2, 0.25) is 0 Å². The van der Waals surface area contributed by atoms with Crippen LogP contribution in [-0.4, -0.2) is 5.91 Å². The SMILES string of the molecule is Cc1ccccc1CN/C=C(/C#N)C(=O)Nc1cccc(Cl)c1Cl. The lowest BCUT2D eigenvalue weighted by atomic mass is 10.1. The Balaban J connectivity index is 2.05. The minimum Gasteiger partial charge on any atom is -0.386 e. The molecule has 4 nitrogen and oxygen atoms in total. The molecule has 0 spiro atoms. The zero-order valence-electron chi connectivity index (χ0n) is 12.9. The standard InChI is InChI=1S/C18H15Cl2N3O/c1-12-5-2-3-6-13(12)10-22-11-14(9-21)18(24)23-16-8-4-7-15(19)17(16)20/h2-8,11,22H,10H2,1H3,(H,23,24)/b14-11-. The summed E-state index contributed by atoms with van der Waals surface area (Å²) in [6.07, 6.45) is 1.39. The first kappa shape index (κ1) is 17.9. The normalized spacial score (nSPS) is 10.8. The summed E-state index contributed by atoms with van der Waals surface area (Å²) in [4.78, 5) is 12.2. The van der Waals surface area contributed by atoms with E-state index in [4.69, 9.17) is 23.2 Å². The smallest absolute Gasteiger partial charge is 0.267 e. The van der Waals surface area contributed by atoms with E-state index >= 15 is 0 Å². The van der Waals surface area contributed by atoms with Crippen molar-refractivity contribution in [2.45, 2.75) is 13.5 Å². The molecule has 0 aliphatic carbocycles. The van der Waals surface area contributed by atoms with Crippen LogP contribution in [0.15, 0.2) is 54.2 Å². The summed E-state index contributed by atoms with van der Waals surface area (Å²) >= 11 is 11.9. The molecule has 122 valence electrons. The number of anilines is 1. The summed E-state index contributed by atoms with van der Waals surface area (Å²) in [6, 6.07) is 14.6. The molecule has 0 heterocycles. The maximum Gasteiger partial charge on any atom is 0.267 e. The first-order chi connectivity index (χ1) is 11.5. The van der Waals surface area contributed by atoms with Crippen LogP contribution >= 0.6 is 23.2 Å². The van der Waals surface area contributed by atoms with Crippen molar-refractivity contribution >= 4 is 34.8 Å². The number of amides is 1. The average molecular weight is 360 g/mol. The van der Waals surface area contributed by atoms with Crippen LogP contribution in [0.4, 0.5) is 5.69 Å². The predicted molar refractivity (Wildman–Crippen MR) is 96.8 cm³/mol. The number of nitrogens with zero attached hydrogens (tertiary/aromatic N) is 1. The van der Waals surface area contributed by atoms with E-state index < -0.39 is 5.91 Å². The zero-order chi connectivity index (χ0) is 17.5. The Morgan fingerprint density at radius 1 is 1.21 bits per heavy atom. The second kappa shape index (κ2) is 8.39. The number of nitriles is 1. The van der Waals surface area contributed by atoms with Crippen LogP contribution < -0.4 is 10.6 Å². The Kier molecular flexibility index (Phi) is 6.25. The van der Waals surface area contributed by atoms with Gasteiger partial charge in [-0.25, -0.2) is 0 Å². The number of aryl methyl sites for hydroxylation is 1. The van der Waals surface area contributed by atoms with Gasteiger partial charge in [-0.15, -0.1) is 0 Å². The van der Waals surface area contributed by atoms with E-state index in [2.05, 4.69) is 10.6 Å². The van der Waals surface area contributed by atoms with Gasteiger partial charge in [-0.3, -0.25) is 4.79 Å². The summed E-state index contributed by atoms with van der Waals surface area (Å²) in [7, 11) is 0. The summed E-state index contributed by atoms with van der Waals surface area (Å²) in [5.41, 5.74) is 2.52. The number of halogens is 2. The average Bonchev–Trinajstić information content (AvgIpc) is 2.57. The van der Waals surface area contributed by atoms with Gasteiger partial charge >= 0.3 is 0 Å². The molecule has 0 unspecified atom stereocenters. The molecule has 2 aromatic carbocycles. The van der Waals surface area contributed by atoms with E-state index in [-0.39, 0.29) is 10.6 Å².